The van der Waals surface area contributed by atoms with Crippen molar-refractivity contribution in [2.24, 2.45) is 4.99 Å². The number of alkyl halides is 1. The second-order valence-electron chi connectivity index (χ2n) is 8.93. The number of hydrogen-bond acceptors (Lipinski definition) is 15. The summed E-state index contributed by atoms with van der Waals surface area (Å²) in [6, 6.07) is 0. The average Bonchev–Trinajstić information content (AvgIpc) is 3.04. The predicted octanol–water partition coefficient (Wildman–Crippen LogP) is -0.450. The van der Waals surface area contributed by atoms with E-state index in [-0.39, 0.29) is 78.7 Å². The van der Waals surface area contributed by atoms with Crippen LogP contribution in [-0.4, -0.2) is 160 Å². The quantitative estimate of drug-likeness (QED) is 0.00843. The Hall–Kier alpha value is -1.97. The maximum absolute atomic E-state index is 12.8. The van der Waals surface area contributed by atoms with Gasteiger partial charge in [0.05, 0.1) is 76.3 Å². The van der Waals surface area contributed by atoms with Crippen LogP contribution in [0.4, 0.5) is 0 Å². The van der Waals surface area contributed by atoms with Crippen LogP contribution in [0.2, 0.25) is 0 Å². The summed E-state index contributed by atoms with van der Waals surface area (Å²) in [4.78, 5) is 62.8. The molecule has 0 rings (SSSR count). The first-order valence-electron chi connectivity index (χ1n) is 14.5. The van der Waals surface area contributed by atoms with Crippen molar-refractivity contribution in [3.63, 3.8) is 0 Å². The van der Waals surface area contributed by atoms with Gasteiger partial charge in [0.25, 0.3) is 0 Å². The van der Waals surface area contributed by atoms with E-state index in [0.29, 0.717) is 34.7 Å². The van der Waals surface area contributed by atoms with Crippen LogP contribution >= 0.6 is 45.2 Å². The Labute approximate surface area is 301 Å². The zero-order valence-electron chi connectivity index (χ0n) is 26.2. The minimum absolute atomic E-state index is 0.0508. The van der Waals surface area contributed by atoms with Crippen LogP contribution in [0.3, 0.4) is 0 Å². The standard InChI is InChI=1S/C26H46I2N6O13/c1-22(28)34(47-40)8-13-44-17-16-43-11-6-32-25(37)19-33(26(38)3-2-23(35)30-7-12-46-39)18-24(36)31-5-10-42-15-14-41-9-4-29-21-45-20-27/h21,39-40H,1-20H2,(H,30,35)(H,31,36)(H,32,37). The largest absolute Gasteiger partial charge is 0.473 e. The molecule has 4 amide bonds. The third-order valence-corrected chi connectivity index (χ3v) is 6.27. The van der Waals surface area contributed by atoms with Crippen LogP contribution in [0.1, 0.15) is 12.8 Å². The predicted molar refractivity (Wildman–Crippen MR) is 184 cm³/mol. The molecule has 0 aromatic rings. The number of amides is 4. The van der Waals surface area contributed by atoms with E-state index < -0.39 is 36.7 Å². The summed E-state index contributed by atoms with van der Waals surface area (Å²) in [5.74, 6) is -2.07. The number of hydroxylamine groups is 2. The molecule has 0 unspecified atom stereocenters. The lowest BCUT2D eigenvalue weighted by Crippen LogP contribution is -2.46. The molecule has 0 saturated heterocycles. The van der Waals surface area contributed by atoms with Crippen LogP contribution < -0.4 is 16.0 Å². The van der Waals surface area contributed by atoms with Gasteiger partial charge in [0, 0.05) is 32.5 Å². The number of hydrogen-bond donors (Lipinski definition) is 5. The molecule has 0 saturated carbocycles. The summed E-state index contributed by atoms with van der Waals surface area (Å²) >= 11 is 3.94. The van der Waals surface area contributed by atoms with Crippen LogP contribution in [-0.2, 0) is 52.7 Å². The number of carbonyl (C=O) groups is 4. The Morgan fingerprint density at radius 3 is 1.81 bits per heavy atom. The highest BCUT2D eigenvalue weighted by molar-refractivity contribution is 14.1. The number of ether oxygens (including phenoxy) is 5. The minimum Gasteiger partial charge on any atom is -0.473 e. The Balaban J connectivity index is 4.47. The van der Waals surface area contributed by atoms with Gasteiger partial charge in [-0.1, -0.05) is 6.58 Å². The monoisotopic (exact) mass is 904 g/mol. The second kappa shape index (κ2) is 32.6. The second-order valence-corrected chi connectivity index (χ2v) is 10.8. The number of halogens is 2. The lowest BCUT2D eigenvalue weighted by molar-refractivity contribution is -0.380. The van der Waals surface area contributed by atoms with Gasteiger partial charge in [0.2, 0.25) is 23.6 Å². The lowest BCUT2D eigenvalue weighted by atomic mass is 10.2. The number of nitrogens with one attached hydrogen (secondary N) is 3. The van der Waals surface area contributed by atoms with E-state index in [4.69, 9.17) is 34.2 Å². The fourth-order valence-electron chi connectivity index (χ4n) is 3.17. The van der Waals surface area contributed by atoms with E-state index in [9.17, 15) is 19.2 Å². The van der Waals surface area contributed by atoms with E-state index in [1.807, 2.05) is 22.6 Å². The van der Waals surface area contributed by atoms with E-state index in [1.54, 1.807) is 0 Å². The molecule has 0 aliphatic heterocycles. The van der Waals surface area contributed by atoms with Crippen molar-refractivity contribution in [3.05, 3.63) is 10.3 Å². The smallest absolute Gasteiger partial charge is 0.239 e. The highest BCUT2D eigenvalue weighted by atomic mass is 127. The highest BCUT2D eigenvalue weighted by Crippen LogP contribution is 2.08. The molecule has 0 bridgehead atoms. The van der Waals surface area contributed by atoms with Gasteiger partial charge in [-0.3, -0.25) is 29.4 Å². The van der Waals surface area contributed by atoms with Crippen molar-refractivity contribution in [2.45, 2.75) is 12.8 Å². The zero-order valence-corrected chi connectivity index (χ0v) is 30.5. The Kier molecular flexibility index (Phi) is 31.2. The van der Waals surface area contributed by atoms with E-state index in [2.05, 4.69) is 60.0 Å². The molecule has 0 spiro atoms. The van der Waals surface area contributed by atoms with Crippen molar-refractivity contribution in [1.29, 1.82) is 0 Å². The molecular formula is C26H46I2N6O13. The maximum Gasteiger partial charge on any atom is 0.239 e. The molecule has 0 aromatic heterocycles. The normalized spacial score (nSPS) is 10.9. The molecule has 0 heterocycles. The molecule has 0 fully saturated rings. The summed E-state index contributed by atoms with van der Waals surface area (Å²) in [5.41, 5.74) is 0. The molecule has 0 aliphatic carbocycles. The first kappa shape index (κ1) is 45.0. The van der Waals surface area contributed by atoms with E-state index >= 15 is 0 Å². The summed E-state index contributed by atoms with van der Waals surface area (Å²) in [5, 5.41) is 25.9. The van der Waals surface area contributed by atoms with Crippen molar-refractivity contribution >= 4 is 75.2 Å². The SMILES string of the molecule is C=C(I)N(CCOCCOCCNC(=O)CN(CC(=O)NCCOCCOCCN=COCI)C(=O)CCC(=O)NCCOO)OO. The molecule has 21 heteroatoms. The summed E-state index contributed by atoms with van der Waals surface area (Å²) in [6.07, 6.45) is 0.938. The van der Waals surface area contributed by atoms with Gasteiger partial charge in [0.15, 0.2) is 6.40 Å². The van der Waals surface area contributed by atoms with Gasteiger partial charge < -0.3 is 44.5 Å². The molecule has 0 aromatic carbocycles. The van der Waals surface area contributed by atoms with Gasteiger partial charge in [-0.15, -0.1) is 4.99 Å². The maximum atomic E-state index is 12.8. The van der Waals surface area contributed by atoms with Crippen molar-refractivity contribution in [2.75, 3.05) is 110 Å². The molecule has 19 nitrogen and oxygen atoms in total. The zero-order chi connectivity index (χ0) is 35.0. The lowest BCUT2D eigenvalue weighted by Gasteiger charge is -2.22. The van der Waals surface area contributed by atoms with Gasteiger partial charge in [0.1, 0.15) is 17.7 Å². The molecule has 0 atom stereocenters. The number of nitrogens with zero attached hydrogens (tertiary/aromatic N) is 3. The third-order valence-electron chi connectivity index (χ3n) is 5.37. The molecule has 0 aliphatic rings. The topological polar surface area (TPSA) is 228 Å². The van der Waals surface area contributed by atoms with E-state index in [0.717, 1.165) is 9.96 Å². The summed E-state index contributed by atoms with van der Waals surface area (Å²) in [7, 11) is 0. The number of aliphatic imine (C=N–C) groups is 1. The fourth-order valence-corrected chi connectivity index (χ4v) is 3.66. The molecular weight excluding hydrogens is 858 g/mol. The fraction of sp³-hybridized carbons (Fsp3) is 0.731. The Bertz CT molecular complexity index is 907. The van der Waals surface area contributed by atoms with Crippen molar-refractivity contribution < 1.29 is 63.3 Å². The van der Waals surface area contributed by atoms with E-state index in [1.165, 1.54) is 6.40 Å². The first-order chi connectivity index (χ1) is 22.7. The molecule has 0 radical (unpaired) electrons. The first-order valence-corrected chi connectivity index (χ1v) is 17.1. The number of rotatable bonds is 32. The Morgan fingerprint density at radius 2 is 1.28 bits per heavy atom. The van der Waals surface area contributed by atoms with Gasteiger partial charge >= 0.3 is 0 Å². The Morgan fingerprint density at radius 1 is 0.745 bits per heavy atom. The summed E-state index contributed by atoms with van der Waals surface area (Å²) < 4.78 is 27.5. The van der Waals surface area contributed by atoms with Gasteiger partial charge in [-0.25, -0.2) is 15.2 Å². The number of carbonyl (C=O) groups excluding carboxylic acids is 4. The molecule has 47 heavy (non-hydrogen) atoms. The minimum atomic E-state index is -0.577. The van der Waals surface area contributed by atoms with Crippen LogP contribution in [0, 0.1) is 0 Å². The van der Waals surface area contributed by atoms with Gasteiger partial charge in [-0.2, -0.15) is 0 Å². The highest BCUT2D eigenvalue weighted by Gasteiger charge is 2.21. The molecule has 5 N–H and O–H groups in total. The third kappa shape index (κ3) is 28.7. The van der Waals surface area contributed by atoms with Gasteiger partial charge in [-0.05, 0) is 45.2 Å². The van der Waals surface area contributed by atoms with Crippen molar-refractivity contribution in [1.82, 2.24) is 25.9 Å². The summed E-state index contributed by atoms with van der Waals surface area (Å²) in [6.45, 7) is 6.01. The van der Waals surface area contributed by atoms with Crippen LogP contribution in [0.5, 0.6) is 0 Å². The molecule has 272 valence electrons. The van der Waals surface area contributed by atoms with Crippen LogP contribution in [0.15, 0.2) is 15.3 Å². The van der Waals surface area contributed by atoms with Crippen molar-refractivity contribution in [3.8, 4) is 0 Å². The van der Waals surface area contributed by atoms with Crippen LogP contribution in [0.25, 0.3) is 0 Å². The average molecular weight is 904 g/mol.